The summed E-state index contributed by atoms with van der Waals surface area (Å²) in [6, 6.07) is 15.2. The molecular formula is C24H25N3. The normalized spacial score (nSPS) is 14.7. The van der Waals surface area contributed by atoms with Crippen molar-refractivity contribution in [3.8, 4) is 0 Å². The van der Waals surface area contributed by atoms with Crippen molar-refractivity contribution in [2.45, 2.75) is 39.2 Å². The van der Waals surface area contributed by atoms with E-state index >= 15 is 0 Å². The molecule has 27 heavy (non-hydrogen) atoms. The molecule has 0 saturated heterocycles. The van der Waals surface area contributed by atoms with Gasteiger partial charge in [0.25, 0.3) is 0 Å². The Morgan fingerprint density at radius 2 is 1.89 bits per heavy atom. The van der Waals surface area contributed by atoms with E-state index in [1.54, 1.807) is 0 Å². The Hall–Kier alpha value is -2.81. The number of hydrogen-bond acceptors (Lipinski definition) is 1. The van der Waals surface area contributed by atoms with E-state index < -0.39 is 0 Å². The second-order valence-corrected chi connectivity index (χ2v) is 7.91. The number of fused-ring (bicyclic) bond motifs is 1. The molecule has 2 aromatic heterocycles. The number of hydrogen-bond donors (Lipinski definition) is 2. The maximum Gasteiger partial charge on any atom is 0.0515 e. The van der Waals surface area contributed by atoms with E-state index in [1.807, 2.05) is 6.92 Å². The van der Waals surface area contributed by atoms with Gasteiger partial charge in [-0.25, -0.2) is 0 Å². The van der Waals surface area contributed by atoms with Crippen LogP contribution in [0.15, 0.2) is 54.9 Å². The largest absolute Gasteiger partial charge is 0.361 e. The molecule has 3 nitrogen and oxygen atoms in total. The minimum Gasteiger partial charge on any atom is -0.361 e. The van der Waals surface area contributed by atoms with Gasteiger partial charge in [-0.15, -0.1) is 0 Å². The van der Waals surface area contributed by atoms with Crippen molar-refractivity contribution in [3.05, 3.63) is 71.5 Å². The molecule has 1 aliphatic heterocycles. The topological polar surface area (TPSA) is 44.6 Å². The Bertz CT molecular complexity index is 1150. The highest BCUT2D eigenvalue weighted by atomic mass is 15.0. The van der Waals surface area contributed by atoms with Gasteiger partial charge in [0.2, 0.25) is 0 Å². The first-order valence-electron chi connectivity index (χ1n) is 9.90. The molecule has 0 amide bonds. The summed E-state index contributed by atoms with van der Waals surface area (Å²) in [7, 11) is 0. The second-order valence-electron chi connectivity index (χ2n) is 7.91. The first kappa shape index (κ1) is 16.4. The van der Waals surface area contributed by atoms with Gasteiger partial charge >= 0.3 is 0 Å². The first-order chi connectivity index (χ1) is 13.2. The minimum atomic E-state index is 0.229. The maximum absolute atomic E-state index is 8.41. The van der Waals surface area contributed by atoms with Gasteiger partial charge in [0.1, 0.15) is 0 Å². The van der Waals surface area contributed by atoms with Gasteiger partial charge in [0, 0.05) is 46.9 Å². The Balaban J connectivity index is 1.50. The number of aryl methyl sites for hydroxylation is 2. The van der Waals surface area contributed by atoms with Crippen LogP contribution in [0.2, 0.25) is 0 Å². The van der Waals surface area contributed by atoms with Crippen molar-refractivity contribution in [2.24, 2.45) is 5.92 Å². The zero-order chi connectivity index (χ0) is 18.4. The van der Waals surface area contributed by atoms with Gasteiger partial charge in [-0.3, -0.25) is 0 Å². The summed E-state index contributed by atoms with van der Waals surface area (Å²) in [5, 5.41) is 11.1. The molecule has 4 aromatic rings. The Morgan fingerprint density at radius 1 is 1.07 bits per heavy atom. The predicted octanol–water partition coefficient (Wildman–Crippen LogP) is 5.51. The smallest absolute Gasteiger partial charge is 0.0515 e. The van der Waals surface area contributed by atoms with Crippen LogP contribution >= 0.6 is 0 Å². The average molecular weight is 355 g/mol. The summed E-state index contributed by atoms with van der Waals surface area (Å²) in [5.74, 6) is 0.229. The summed E-state index contributed by atoms with van der Waals surface area (Å²) in [6.45, 7) is 3.08. The van der Waals surface area contributed by atoms with Crippen LogP contribution in [0.4, 0.5) is 0 Å². The Kier molecular flexibility index (Phi) is 3.89. The zero-order valence-electron chi connectivity index (χ0n) is 15.8. The predicted molar refractivity (Wildman–Crippen MR) is 113 cm³/mol. The molecule has 0 fully saturated rings. The van der Waals surface area contributed by atoms with E-state index in [9.17, 15) is 0 Å². The molecule has 3 heteroatoms. The molecule has 2 aromatic carbocycles. The summed E-state index contributed by atoms with van der Waals surface area (Å²) >= 11 is 0. The first-order valence-corrected chi connectivity index (χ1v) is 9.90. The Labute approximate surface area is 159 Å². The van der Waals surface area contributed by atoms with E-state index in [0.29, 0.717) is 0 Å². The lowest BCUT2D eigenvalue weighted by Crippen LogP contribution is -2.16. The number of benzene rings is 2. The number of nitrogens with zero attached hydrogens (tertiary/aromatic N) is 1. The number of H-pyrrole nitrogens is 1. The number of para-hydroxylation sites is 2. The van der Waals surface area contributed by atoms with E-state index in [-0.39, 0.29) is 5.92 Å². The maximum atomic E-state index is 8.41. The fraction of sp³-hybridized carbons (Fsp3) is 0.292. The fourth-order valence-electron chi connectivity index (χ4n) is 4.70. The zero-order valence-corrected chi connectivity index (χ0v) is 15.8. The molecule has 1 atom stereocenters. The molecule has 0 radical (unpaired) electrons. The molecule has 0 saturated carbocycles. The highest BCUT2D eigenvalue weighted by Gasteiger charge is 2.20. The van der Waals surface area contributed by atoms with Gasteiger partial charge in [-0.2, -0.15) is 0 Å². The quantitative estimate of drug-likeness (QED) is 0.443. The van der Waals surface area contributed by atoms with Crippen molar-refractivity contribution in [2.75, 3.05) is 0 Å². The molecule has 1 aliphatic rings. The molecule has 2 N–H and O–H groups in total. The lowest BCUT2D eigenvalue weighted by Gasteiger charge is -2.15. The third-order valence-electron chi connectivity index (χ3n) is 6.13. The van der Waals surface area contributed by atoms with Crippen LogP contribution in [0, 0.1) is 11.3 Å². The molecule has 5 rings (SSSR count). The molecule has 3 heterocycles. The van der Waals surface area contributed by atoms with E-state index in [1.165, 1.54) is 51.3 Å². The lowest BCUT2D eigenvalue weighted by molar-refractivity contribution is 0.629. The Morgan fingerprint density at radius 3 is 2.78 bits per heavy atom. The number of nitrogens with one attached hydrogen (secondary N) is 2. The van der Waals surface area contributed by atoms with Crippen molar-refractivity contribution in [1.29, 1.82) is 5.41 Å². The van der Waals surface area contributed by atoms with Gasteiger partial charge in [0.05, 0.1) is 5.52 Å². The van der Waals surface area contributed by atoms with Gasteiger partial charge < -0.3 is 15.0 Å². The van der Waals surface area contributed by atoms with Gasteiger partial charge in [-0.05, 0) is 55.4 Å². The number of aromatic nitrogens is 2. The molecular weight excluding hydrogens is 330 g/mol. The van der Waals surface area contributed by atoms with Crippen molar-refractivity contribution >= 4 is 27.5 Å². The standard InChI is InChI=1S/C24H25N3/c1-16(25)18(12-19-14-26-23-10-3-2-8-21(19)23)13-20-15-27-11-5-7-17-6-4-9-22(20)24(17)27/h2-4,6,8-10,14-15,18,25-26H,5,7,11-13H2,1H3. The lowest BCUT2D eigenvalue weighted by atomic mass is 9.89. The highest BCUT2D eigenvalue weighted by Crippen LogP contribution is 2.32. The van der Waals surface area contributed by atoms with E-state index in [0.717, 1.165) is 25.1 Å². The van der Waals surface area contributed by atoms with Crippen LogP contribution in [0.5, 0.6) is 0 Å². The average Bonchev–Trinajstić information content (AvgIpc) is 3.25. The van der Waals surface area contributed by atoms with Crippen molar-refractivity contribution in [3.63, 3.8) is 0 Å². The monoisotopic (exact) mass is 355 g/mol. The van der Waals surface area contributed by atoms with Crippen LogP contribution in [-0.4, -0.2) is 15.3 Å². The van der Waals surface area contributed by atoms with Crippen LogP contribution < -0.4 is 0 Å². The van der Waals surface area contributed by atoms with E-state index in [2.05, 4.69) is 64.4 Å². The SMILES string of the molecule is CC(=N)C(Cc1c[nH]c2ccccc12)Cc1cn2c3c(cccc13)CCC2. The molecule has 0 aliphatic carbocycles. The fourth-order valence-corrected chi connectivity index (χ4v) is 4.70. The minimum absolute atomic E-state index is 0.229. The number of aromatic amines is 1. The van der Waals surface area contributed by atoms with Crippen LogP contribution in [0.3, 0.4) is 0 Å². The second kappa shape index (κ2) is 6.41. The van der Waals surface area contributed by atoms with Crippen molar-refractivity contribution in [1.82, 2.24) is 9.55 Å². The van der Waals surface area contributed by atoms with Gasteiger partial charge in [0.15, 0.2) is 0 Å². The van der Waals surface area contributed by atoms with Crippen molar-refractivity contribution < 1.29 is 0 Å². The molecule has 136 valence electrons. The summed E-state index contributed by atoms with van der Waals surface area (Å²) in [5.41, 5.74) is 7.56. The van der Waals surface area contributed by atoms with E-state index in [4.69, 9.17) is 5.41 Å². The van der Waals surface area contributed by atoms with Gasteiger partial charge in [-0.1, -0.05) is 36.4 Å². The molecule has 0 bridgehead atoms. The third kappa shape index (κ3) is 2.78. The molecule has 0 spiro atoms. The number of rotatable bonds is 5. The van der Waals surface area contributed by atoms with Crippen LogP contribution in [0.1, 0.15) is 30.0 Å². The van der Waals surface area contributed by atoms with Crippen LogP contribution in [-0.2, 0) is 25.8 Å². The summed E-state index contributed by atoms with van der Waals surface area (Å²) in [6.07, 6.45) is 8.72. The highest BCUT2D eigenvalue weighted by molar-refractivity contribution is 5.89. The third-order valence-corrected chi connectivity index (χ3v) is 6.13. The molecule has 1 unspecified atom stereocenters. The summed E-state index contributed by atoms with van der Waals surface area (Å²) < 4.78 is 2.44. The van der Waals surface area contributed by atoms with Crippen LogP contribution in [0.25, 0.3) is 21.8 Å². The summed E-state index contributed by atoms with van der Waals surface area (Å²) in [4.78, 5) is 3.38.